The van der Waals surface area contributed by atoms with Crippen molar-refractivity contribution >= 4 is 11.8 Å². The zero-order valence-corrected chi connectivity index (χ0v) is 9.43. The molecule has 1 aromatic carbocycles. The predicted octanol–water partition coefficient (Wildman–Crippen LogP) is 2.04. The molecular formula is C11H15FO2S. The van der Waals surface area contributed by atoms with E-state index in [9.17, 15) is 4.39 Å². The topological polar surface area (TPSA) is 40.5 Å². The lowest BCUT2D eigenvalue weighted by atomic mass is 10.2. The summed E-state index contributed by atoms with van der Waals surface area (Å²) in [7, 11) is 0. The molecule has 0 saturated carbocycles. The third kappa shape index (κ3) is 3.81. The number of hydrogen-bond donors (Lipinski definition) is 2. The van der Waals surface area contributed by atoms with Crippen LogP contribution in [0.25, 0.3) is 0 Å². The van der Waals surface area contributed by atoms with E-state index in [2.05, 4.69) is 0 Å². The normalized spacial score (nSPS) is 12.8. The van der Waals surface area contributed by atoms with Crippen molar-refractivity contribution in [2.45, 2.75) is 18.4 Å². The van der Waals surface area contributed by atoms with Crippen LogP contribution in [0, 0.1) is 11.7 Å². The minimum absolute atomic E-state index is 0.114. The van der Waals surface area contributed by atoms with E-state index in [0.717, 1.165) is 0 Å². The molecule has 2 nitrogen and oxygen atoms in total. The monoisotopic (exact) mass is 230 g/mol. The number of aliphatic hydroxyl groups excluding tert-OH is 2. The second-order valence-corrected chi connectivity index (χ2v) is 4.58. The van der Waals surface area contributed by atoms with Gasteiger partial charge < -0.3 is 10.2 Å². The molecule has 0 radical (unpaired) electrons. The highest BCUT2D eigenvalue weighted by atomic mass is 32.2. The highest BCUT2D eigenvalue weighted by molar-refractivity contribution is 7.99. The standard InChI is InChI=1S/C11H15FO2S/c1-8(5-13)7-15-11-3-2-9(6-14)4-10(11)12/h2-4,8,13-14H,5-7H2,1H3. The van der Waals surface area contributed by atoms with Crippen LogP contribution >= 0.6 is 11.8 Å². The van der Waals surface area contributed by atoms with Crippen molar-refractivity contribution in [3.05, 3.63) is 29.6 Å². The Bertz CT molecular complexity index is 317. The van der Waals surface area contributed by atoms with Crippen LogP contribution in [0.3, 0.4) is 0 Å². The van der Waals surface area contributed by atoms with Crippen molar-refractivity contribution in [2.24, 2.45) is 5.92 Å². The van der Waals surface area contributed by atoms with Gasteiger partial charge in [-0.05, 0) is 23.6 Å². The van der Waals surface area contributed by atoms with Crippen LogP contribution in [0.1, 0.15) is 12.5 Å². The number of halogens is 1. The first-order valence-corrected chi connectivity index (χ1v) is 5.79. The summed E-state index contributed by atoms with van der Waals surface area (Å²) in [5.74, 6) is 0.537. The fourth-order valence-electron chi connectivity index (χ4n) is 1.04. The van der Waals surface area contributed by atoms with Gasteiger partial charge in [-0.2, -0.15) is 0 Å². The second-order valence-electron chi connectivity index (χ2n) is 3.52. The molecule has 15 heavy (non-hydrogen) atoms. The quantitative estimate of drug-likeness (QED) is 0.760. The van der Waals surface area contributed by atoms with E-state index in [-0.39, 0.29) is 24.9 Å². The van der Waals surface area contributed by atoms with Crippen molar-refractivity contribution in [2.75, 3.05) is 12.4 Å². The molecule has 0 aliphatic carbocycles. The maximum absolute atomic E-state index is 13.4. The van der Waals surface area contributed by atoms with Crippen molar-refractivity contribution in [3.8, 4) is 0 Å². The minimum atomic E-state index is -0.309. The molecule has 1 aromatic rings. The van der Waals surface area contributed by atoms with Gasteiger partial charge in [0, 0.05) is 17.3 Å². The summed E-state index contributed by atoms with van der Waals surface area (Å²) >= 11 is 1.38. The van der Waals surface area contributed by atoms with Crippen molar-refractivity contribution in [1.29, 1.82) is 0 Å². The Labute approximate surface area is 93.1 Å². The van der Waals surface area contributed by atoms with Crippen LogP contribution in [0.15, 0.2) is 23.1 Å². The molecule has 0 saturated heterocycles. The summed E-state index contributed by atoms with van der Waals surface area (Å²) in [4.78, 5) is 0.563. The first-order chi connectivity index (χ1) is 7.17. The highest BCUT2D eigenvalue weighted by Gasteiger charge is 2.06. The Hall–Kier alpha value is -0.580. The van der Waals surface area contributed by atoms with Gasteiger partial charge in [0.05, 0.1) is 6.61 Å². The molecule has 1 unspecified atom stereocenters. The van der Waals surface area contributed by atoms with Crippen molar-refractivity contribution in [1.82, 2.24) is 0 Å². The van der Waals surface area contributed by atoms with Gasteiger partial charge in [-0.3, -0.25) is 0 Å². The number of rotatable bonds is 5. The van der Waals surface area contributed by atoms with Gasteiger partial charge >= 0.3 is 0 Å². The Morgan fingerprint density at radius 1 is 1.40 bits per heavy atom. The van der Waals surface area contributed by atoms with E-state index >= 15 is 0 Å². The molecule has 0 aliphatic rings. The van der Waals surface area contributed by atoms with E-state index in [0.29, 0.717) is 16.2 Å². The smallest absolute Gasteiger partial charge is 0.137 e. The van der Waals surface area contributed by atoms with Gasteiger partial charge in [0.1, 0.15) is 5.82 Å². The first-order valence-electron chi connectivity index (χ1n) is 4.80. The third-order valence-corrected chi connectivity index (χ3v) is 3.39. The van der Waals surface area contributed by atoms with E-state index < -0.39 is 0 Å². The molecule has 0 aliphatic heterocycles. The SMILES string of the molecule is CC(CO)CSc1ccc(CO)cc1F. The predicted molar refractivity (Wildman–Crippen MR) is 59.3 cm³/mol. The van der Waals surface area contributed by atoms with Gasteiger partial charge in [0.25, 0.3) is 0 Å². The van der Waals surface area contributed by atoms with Crippen molar-refractivity contribution in [3.63, 3.8) is 0 Å². The van der Waals surface area contributed by atoms with Crippen LogP contribution in [-0.2, 0) is 6.61 Å². The average molecular weight is 230 g/mol. The van der Waals surface area contributed by atoms with Crippen LogP contribution in [0.2, 0.25) is 0 Å². The van der Waals surface area contributed by atoms with Crippen LogP contribution in [0.5, 0.6) is 0 Å². The van der Waals surface area contributed by atoms with E-state index in [1.54, 1.807) is 12.1 Å². The molecule has 0 fully saturated rings. The number of aliphatic hydroxyl groups is 2. The molecular weight excluding hydrogens is 215 g/mol. The molecule has 0 amide bonds. The second kappa shape index (κ2) is 6.10. The zero-order valence-electron chi connectivity index (χ0n) is 8.61. The van der Waals surface area contributed by atoms with Gasteiger partial charge in [0.15, 0.2) is 0 Å². The van der Waals surface area contributed by atoms with Gasteiger partial charge in [-0.1, -0.05) is 13.0 Å². The van der Waals surface area contributed by atoms with Crippen LogP contribution < -0.4 is 0 Å². The van der Waals surface area contributed by atoms with E-state index in [1.165, 1.54) is 17.8 Å². The summed E-state index contributed by atoms with van der Waals surface area (Å²) in [6, 6.07) is 4.70. The molecule has 0 aromatic heterocycles. The molecule has 4 heteroatoms. The van der Waals surface area contributed by atoms with Gasteiger partial charge in [-0.25, -0.2) is 4.39 Å². The molecule has 84 valence electrons. The summed E-state index contributed by atoms with van der Waals surface area (Å²) < 4.78 is 13.4. The maximum atomic E-state index is 13.4. The third-order valence-electron chi connectivity index (χ3n) is 2.01. The maximum Gasteiger partial charge on any atom is 0.137 e. The molecule has 0 spiro atoms. The fourth-order valence-corrected chi connectivity index (χ4v) is 1.98. The number of hydrogen-bond acceptors (Lipinski definition) is 3. The molecule has 1 rings (SSSR count). The summed E-state index contributed by atoms with van der Waals surface area (Å²) in [6.07, 6.45) is 0. The Morgan fingerprint density at radius 3 is 2.67 bits per heavy atom. The van der Waals surface area contributed by atoms with Gasteiger partial charge in [0.2, 0.25) is 0 Å². The Kier molecular flexibility index (Phi) is 5.08. The average Bonchev–Trinajstić information content (AvgIpc) is 2.26. The Morgan fingerprint density at radius 2 is 2.13 bits per heavy atom. The number of benzene rings is 1. The largest absolute Gasteiger partial charge is 0.396 e. The van der Waals surface area contributed by atoms with Gasteiger partial charge in [-0.15, -0.1) is 11.8 Å². The lowest BCUT2D eigenvalue weighted by Crippen LogP contribution is -2.03. The summed E-state index contributed by atoms with van der Waals surface area (Å²) in [5, 5.41) is 17.6. The molecule has 0 heterocycles. The lowest BCUT2D eigenvalue weighted by Gasteiger charge is -2.08. The summed E-state index contributed by atoms with van der Waals surface area (Å²) in [5.41, 5.74) is 0.576. The first kappa shape index (κ1) is 12.5. The minimum Gasteiger partial charge on any atom is -0.396 e. The van der Waals surface area contributed by atoms with Crippen molar-refractivity contribution < 1.29 is 14.6 Å². The molecule has 1 atom stereocenters. The zero-order chi connectivity index (χ0) is 11.3. The fraction of sp³-hybridized carbons (Fsp3) is 0.455. The molecule has 0 bridgehead atoms. The Balaban J connectivity index is 2.62. The lowest BCUT2D eigenvalue weighted by molar-refractivity contribution is 0.250. The highest BCUT2D eigenvalue weighted by Crippen LogP contribution is 2.24. The van der Waals surface area contributed by atoms with E-state index in [1.807, 2.05) is 6.92 Å². The van der Waals surface area contributed by atoms with Crippen LogP contribution in [-0.4, -0.2) is 22.6 Å². The number of thioether (sulfide) groups is 1. The van der Waals surface area contributed by atoms with E-state index in [4.69, 9.17) is 10.2 Å². The van der Waals surface area contributed by atoms with Crippen LogP contribution in [0.4, 0.5) is 4.39 Å². The molecule has 2 N–H and O–H groups in total. The summed E-state index contributed by atoms with van der Waals surface area (Å²) in [6.45, 7) is 1.88.